The van der Waals surface area contributed by atoms with Gasteiger partial charge in [-0.3, -0.25) is 0 Å². The Morgan fingerprint density at radius 2 is 2.25 bits per heavy atom. The average molecular weight is 336 g/mol. The van der Waals surface area contributed by atoms with Crippen LogP contribution in [0.2, 0.25) is 0 Å². The van der Waals surface area contributed by atoms with Gasteiger partial charge in [0.2, 0.25) is 0 Å². The van der Waals surface area contributed by atoms with Gasteiger partial charge >= 0.3 is 0 Å². The molecule has 0 saturated heterocycles. The molecule has 3 heteroatoms. The molecule has 0 bridgehead atoms. The Morgan fingerprint density at radius 1 is 1.58 bits per heavy atom. The normalized spacial score (nSPS) is 9.50. The average Bonchev–Trinajstić information content (AvgIpc) is 2.01. The van der Waals surface area contributed by atoms with Crippen molar-refractivity contribution in [1.29, 1.82) is 5.26 Å². The van der Waals surface area contributed by atoms with Crippen LogP contribution in [0, 0.1) is 21.8 Å². The molecule has 0 saturated carbocycles. The summed E-state index contributed by atoms with van der Waals surface area (Å²) in [5, 5.41) is 8.54. The Kier molecular flexibility index (Phi) is 3.53. The molecule has 0 spiro atoms. The van der Waals surface area contributed by atoms with Crippen molar-refractivity contribution >= 4 is 38.5 Å². The molecule has 0 aliphatic heterocycles. The summed E-state index contributed by atoms with van der Waals surface area (Å²) in [6.07, 6.45) is 0.487. The maximum Gasteiger partial charge on any atom is 0.0669 e. The quantitative estimate of drug-likeness (QED) is 0.721. The van der Waals surface area contributed by atoms with Gasteiger partial charge in [-0.2, -0.15) is 5.26 Å². The van der Waals surface area contributed by atoms with Crippen LogP contribution >= 0.6 is 38.5 Å². The first-order valence-corrected chi connectivity index (χ1v) is 5.34. The highest BCUT2D eigenvalue weighted by Gasteiger charge is 2.02. The van der Waals surface area contributed by atoms with E-state index in [1.54, 1.807) is 0 Å². The topological polar surface area (TPSA) is 23.8 Å². The fourth-order valence-corrected chi connectivity index (χ4v) is 1.98. The molecule has 0 N–H and O–H groups in total. The molecule has 0 aliphatic carbocycles. The van der Waals surface area contributed by atoms with E-state index in [9.17, 15) is 0 Å². The third-order valence-corrected chi connectivity index (χ3v) is 3.94. The smallest absolute Gasteiger partial charge is 0.0669 e. The van der Waals surface area contributed by atoms with E-state index < -0.39 is 0 Å². The van der Waals surface area contributed by atoms with Crippen molar-refractivity contribution in [3.8, 4) is 6.07 Å². The van der Waals surface area contributed by atoms with Gasteiger partial charge in [0.15, 0.2) is 0 Å². The Morgan fingerprint density at radius 3 is 2.83 bits per heavy atom. The minimum absolute atomic E-state index is 0.487. The van der Waals surface area contributed by atoms with Gasteiger partial charge in [-0.05, 0) is 68.7 Å². The van der Waals surface area contributed by atoms with Gasteiger partial charge in [-0.25, -0.2) is 0 Å². The van der Waals surface area contributed by atoms with Crippen LogP contribution in [0.25, 0.3) is 0 Å². The number of nitriles is 1. The first-order chi connectivity index (χ1) is 5.65. The summed E-state index contributed by atoms with van der Waals surface area (Å²) in [6, 6.07) is 6.24. The van der Waals surface area contributed by atoms with Gasteiger partial charge in [0.25, 0.3) is 0 Å². The highest BCUT2D eigenvalue weighted by atomic mass is 127. The van der Waals surface area contributed by atoms with E-state index >= 15 is 0 Å². The maximum absolute atomic E-state index is 8.54. The zero-order chi connectivity index (χ0) is 9.14. The van der Waals surface area contributed by atoms with E-state index in [0.29, 0.717) is 6.42 Å². The minimum Gasteiger partial charge on any atom is -0.198 e. The van der Waals surface area contributed by atoms with E-state index in [-0.39, 0.29) is 0 Å². The van der Waals surface area contributed by atoms with Crippen molar-refractivity contribution < 1.29 is 0 Å². The van der Waals surface area contributed by atoms with Crippen LogP contribution < -0.4 is 0 Å². The lowest BCUT2D eigenvalue weighted by molar-refractivity contribution is 1.20. The molecule has 0 heterocycles. The number of benzene rings is 1. The molecule has 1 aromatic carbocycles. The van der Waals surface area contributed by atoms with E-state index in [1.807, 2.05) is 13.0 Å². The zero-order valence-electron chi connectivity index (χ0n) is 6.56. The van der Waals surface area contributed by atoms with Crippen LogP contribution in [-0.4, -0.2) is 0 Å². The third-order valence-electron chi connectivity index (χ3n) is 1.65. The van der Waals surface area contributed by atoms with Crippen molar-refractivity contribution in [3.05, 3.63) is 31.3 Å². The molecule has 0 radical (unpaired) electrons. The molecule has 0 unspecified atom stereocenters. The predicted molar refractivity (Wildman–Crippen MR) is 60.9 cm³/mol. The molecular weight excluding hydrogens is 329 g/mol. The Bertz CT molecular complexity index is 341. The molecule has 0 aromatic heterocycles. The number of hydrogen-bond donors (Lipinski definition) is 0. The highest BCUT2D eigenvalue weighted by Crippen LogP contribution is 2.23. The van der Waals surface area contributed by atoms with Gasteiger partial charge in [0.05, 0.1) is 12.5 Å². The van der Waals surface area contributed by atoms with Gasteiger partial charge in [-0.15, -0.1) is 0 Å². The Labute approximate surface area is 94.0 Å². The molecule has 1 rings (SSSR count). The fraction of sp³-hybridized carbons (Fsp3) is 0.222. The lowest BCUT2D eigenvalue weighted by Gasteiger charge is -2.03. The van der Waals surface area contributed by atoms with Crippen molar-refractivity contribution in [3.63, 3.8) is 0 Å². The van der Waals surface area contributed by atoms with Gasteiger partial charge in [-0.1, -0.05) is 0 Å². The minimum atomic E-state index is 0.487. The number of halogens is 2. The molecule has 62 valence electrons. The summed E-state index contributed by atoms with van der Waals surface area (Å²) in [4.78, 5) is 0. The van der Waals surface area contributed by atoms with Crippen LogP contribution in [-0.2, 0) is 6.42 Å². The van der Waals surface area contributed by atoms with E-state index in [2.05, 4.69) is 50.7 Å². The first kappa shape index (κ1) is 10.0. The van der Waals surface area contributed by atoms with Gasteiger partial charge < -0.3 is 0 Å². The molecule has 1 nitrogen and oxygen atoms in total. The van der Waals surface area contributed by atoms with Crippen molar-refractivity contribution in [2.75, 3.05) is 0 Å². The van der Waals surface area contributed by atoms with Crippen LogP contribution in [0.15, 0.2) is 16.6 Å². The third kappa shape index (κ3) is 2.20. The second-order valence-corrected chi connectivity index (χ2v) is 4.54. The lowest BCUT2D eigenvalue weighted by atomic mass is 10.1. The molecular formula is C9H7BrIN. The maximum atomic E-state index is 8.54. The second kappa shape index (κ2) is 4.24. The predicted octanol–water partition coefficient (Wildman–Crippen LogP) is 3.43. The summed E-state index contributed by atoms with van der Waals surface area (Å²) in [6.45, 7) is 2.03. The largest absolute Gasteiger partial charge is 0.198 e. The van der Waals surface area contributed by atoms with Crippen LogP contribution in [0.4, 0.5) is 0 Å². The molecule has 12 heavy (non-hydrogen) atoms. The molecule has 0 amide bonds. The second-order valence-electron chi connectivity index (χ2n) is 2.53. The van der Waals surface area contributed by atoms with Crippen molar-refractivity contribution in [1.82, 2.24) is 0 Å². The standard InChI is InChI=1S/C9H7BrIN/c1-6-4-9(11)8(10)5-7(6)2-3-12/h4-5H,2H2,1H3. The Balaban J connectivity index is 3.16. The van der Waals surface area contributed by atoms with Crippen molar-refractivity contribution in [2.24, 2.45) is 0 Å². The molecule has 0 aliphatic rings. The molecule has 1 aromatic rings. The lowest BCUT2D eigenvalue weighted by Crippen LogP contribution is -1.89. The van der Waals surface area contributed by atoms with Crippen molar-refractivity contribution in [2.45, 2.75) is 13.3 Å². The summed E-state index contributed by atoms with van der Waals surface area (Å²) >= 11 is 5.70. The van der Waals surface area contributed by atoms with E-state index in [0.717, 1.165) is 10.0 Å². The highest BCUT2D eigenvalue weighted by molar-refractivity contribution is 14.1. The number of rotatable bonds is 1. The molecule has 0 fully saturated rings. The summed E-state index contributed by atoms with van der Waals surface area (Å²) < 4.78 is 2.26. The van der Waals surface area contributed by atoms with Crippen LogP contribution in [0.1, 0.15) is 11.1 Å². The fourth-order valence-electron chi connectivity index (χ4n) is 0.963. The molecule has 0 atom stereocenters. The first-order valence-electron chi connectivity index (χ1n) is 3.46. The SMILES string of the molecule is Cc1cc(I)c(Br)cc1CC#N. The number of aryl methyl sites for hydroxylation is 1. The monoisotopic (exact) mass is 335 g/mol. The summed E-state index contributed by atoms with van der Waals surface area (Å²) in [5.74, 6) is 0. The van der Waals surface area contributed by atoms with Crippen LogP contribution in [0.5, 0.6) is 0 Å². The summed E-state index contributed by atoms with van der Waals surface area (Å²) in [7, 11) is 0. The van der Waals surface area contributed by atoms with E-state index in [4.69, 9.17) is 5.26 Å². The van der Waals surface area contributed by atoms with Crippen LogP contribution in [0.3, 0.4) is 0 Å². The number of hydrogen-bond acceptors (Lipinski definition) is 1. The Hall–Kier alpha value is -0.0800. The zero-order valence-corrected chi connectivity index (χ0v) is 10.3. The van der Waals surface area contributed by atoms with Gasteiger partial charge in [0, 0.05) is 8.04 Å². The number of nitrogens with zero attached hydrogens (tertiary/aromatic N) is 1. The summed E-state index contributed by atoms with van der Waals surface area (Å²) in [5.41, 5.74) is 2.29. The van der Waals surface area contributed by atoms with Gasteiger partial charge in [0.1, 0.15) is 0 Å². The van der Waals surface area contributed by atoms with E-state index in [1.165, 1.54) is 9.13 Å².